The van der Waals surface area contributed by atoms with Gasteiger partial charge in [0.1, 0.15) is 0 Å². The summed E-state index contributed by atoms with van der Waals surface area (Å²) < 4.78 is 0.647. The summed E-state index contributed by atoms with van der Waals surface area (Å²) in [5, 5.41) is 20.4. The third-order valence-electron chi connectivity index (χ3n) is 2.20. The van der Waals surface area contributed by atoms with Crippen molar-refractivity contribution >= 4 is 39.9 Å². The number of benzene rings is 1. The third kappa shape index (κ3) is 4.22. The summed E-state index contributed by atoms with van der Waals surface area (Å²) in [4.78, 5) is 10.5. The highest BCUT2D eigenvalue weighted by Crippen LogP contribution is 2.28. The van der Waals surface area contributed by atoms with Crippen LogP contribution in [0, 0.1) is 13.8 Å². The van der Waals surface area contributed by atoms with E-state index in [0.29, 0.717) is 9.47 Å². The van der Waals surface area contributed by atoms with Gasteiger partial charge in [0.25, 0.3) is 0 Å². The van der Waals surface area contributed by atoms with Crippen molar-refractivity contribution in [2.24, 2.45) is 0 Å². The van der Waals surface area contributed by atoms with E-state index in [1.807, 2.05) is 26.0 Å². The zero-order valence-electron chi connectivity index (χ0n) is 10.5. The molecule has 0 aliphatic heterocycles. The van der Waals surface area contributed by atoms with E-state index in [2.05, 4.69) is 21.6 Å². The van der Waals surface area contributed by atoms with Crippen LogP contribution < -0.4 is 5.32 Å². The molecule has 100 valence electrons. The summed E-state index contributed by atoms with van der Waals surface area (Å²) in [6.45, 7) is 4.07. The van der Waals surface area contributed by atoms with Crippen molar-refractivity contribution in [1.82, 2.24) is 10.2 Å². The van der Waals surface area contributed by atoms with Gasteiger partial charge in [0.15, 0.2) is 4.34 Å². The van der Waals surface area contributed by atoms with Gasteiger partial charge in [-0.05, 0) is 37.1 Å². The van der Waals surface area contributed by atoms with Gasteiger partial charge in [-0.2, -0.15) is 0 Å². The number of carboxylic acids is 1. The third-order valence-corrected chi connectivity index (χ3v) is 4.16. The molecule has 19 heavy (non-hydrogen) atoms. The van der Waals surface area contributed by atoms with Gasteiger partial charge >= 0.3 is 5.97 Å². The molecule has 0 spiro atoms. The molecule has 0 fully saturated rings. The fourth-order valence-corrected chi connectivity index (χ4v) is 3.10. The highest BCUT2D eigenvalue weighted by molar-refractivity contribution is 8.01. The summed E-state index contributed by atoms with van der Waals surface area (Å²) in [5.41, 5.74) is 3.31. The molecule has 0 saturated carbocycles. The Morgan fingerprint density at radius 2 is 2.00 bits per heavy atom. The number of rotatable bonds is 5. The summed E-state index contributed by atoms with van der Waals surface area (Å²) in [5.74, 6) is -0.859. The maximum atomic E-state index is 10.5. The Morgan fingerprint density at radius 3 is 2.63 bits per heavy atom. The van der Waals surface area contributed by atoms with E-state index in [1.54, 1.807) is 0 Å². The standard InChI is InChI=1S/C12H13N3O2S2/c1-7-3-8(2)5-9(4-7)13-11-14-15-12(19-11)18-6-10(16)17/h3-5H,6H2,1-2H3,(H,13,14)(H,16,17). The van der Waals surface area contributed by atoms with Gasteiger partial charge in [-0.25, -0.2) is 0 Å². The average molecular weight is 295 g/mol. The first-order chi connectivity index (χ1) is 9.02. The normalized spacial score (nSPS) is 10.4. The topological polar surface area (TPSA) is 75.1 Å². The molecule has 1 aromatic heterocycles. The molecular weight excluding hydrogens is 282 g/mol. The second-order valence-electron chi connectivity index (χ2n) is 4.06. The molecule has 0 bridgehead atoms. The number of carbonyl (C=O) groups is 1. The molecule has 5 nitrogen and oxygen atoms in total. The lowest BCUT2D eigenvalue weighted by molar-refractivity contribution is -0.133. The summed E-state index contributed by atoms with van der Waals surface area (Å²) in [6.07, 6.45) is 0. The number of carboxylic acid groups (broad SMARTS) is 1. The van der Waals surface area contributed by atoms with Crippen LogP contribution in [0.25, 0.3) is 0 Å². The van der Waals surface area contributed by atoms with E-state index in [1.165, 1.54) is 34.2 Å². The zero-order valence-corrected chi connectivity index (χ0v) is 12.1. The highest BCUT2D eigenvalue weighted by atomic mass is 32.2. The van der Waals surface area contributed by atoms with Crippen molar-refractivity contribution in [3.8, 4) is 0 Å². The molecular formula is C12H13N3O2S2. The summed E-state index contributed by atoms with van der Waals surface area (Å²) >= 11 is 2.52. The van der Waals surface area contributed by atoms with Gasteiger partial charge in [-0.15, -0.1) is 10.2 Å². The average Bonchev–Trinajstić information content (AvgIpc) is 2.72. The Balaban J connectivity index is 2.05. The number of nitrogens with zero attached hydrogens (tertiary/aromatic N) is 2. The van der Waals surface area contributed by atoms with Crippen LogP contribution in [0.1, 0.15) is 11.1 Å². The number of nitrogens with one attached hydrogen (secondary N) is 1. The zero-order chi connectivity index (χ0) is 13.8. The van der Waals surface area contributed by atoms with Gasteiger partial charge in [0.05, 0.1) is 5.75 Å². The molecule has 2 aromatic rings. The monoisotopic (exact) mass is 295 g/mol. The lowest BCUT2D eigenvalue weighted by atomic mass is 10.1. The van der Waals surface area contributed by atoms with E-state index in [9.17, 15) is 4.79 Å². The Morgan fingerprint density at radius 1 is 1.32 bits per heavy atom. The van der Waals surface area contributed by atoms with E-state index in [0.717, 1.165) is 5.69 Å². The number of aryl methyl sites for hydroxylation is 2. The maximum Gasteiger partial charge on any atom is 0.313 e. The molecule has 7 heteroatoms. The minimum atomic E-state index is -0.857. The highest BCUT2D eigenvalue weighted by Gasteiger charge is 2.07. The van der Waals surface area contributed by atoms with E-state index < -0.39 is 5.97 Å². The quantitative estimate of drug-likeness (QED) is 0.826. The van der Waals surface area contributed by atoms with Crippen LogP contribution in [-0.4, -0.2) is 27.0 Å². The van der Waals surface area contributed by atoms with E-state index >= 15 is 0 Å². The van der Waals surface area contributed by atoms with Gasteiger partial charge in [-0.3, -0.25) is 4.79 Å². The number of hydrogen-bond donors (Lipinski definition) is 2. The first-order valence-corrected chi connectivity index (χ1v) is 7.36. The number of aromatic nitrogens is 2. The summed E-state index contributed by atoms with van der Waals surface area (Å²) in [7, 11) is 0. The van der Waals surface area contributed by atoms with Crippen LogP contribution in [0.2, 0.25) is 0 Å². The molecule has 0 saturated heterocycles. The van der Waals surface area contributed by atoms with Crippen molar-refractivity contribution in [3.63, 3.8) is 0 Å². The Labute approximate surface area is 119 Å². The fourth-order valence-electron chi connectivity index (χ4n) is 1.61. The molecule has 0 amide bonds. The maximum absolute atomic E-state index is 10.5. The molecule has 0 atom stereocenters. The number of hydrogen-bond acceptors (Lipinski definition) is 6. The molecule has 0 unspecified atom stereocenters. The van der Waals surface area contributed by atoms with Crippen LogP contribution >= 0.6 is 23.1 Å². The molecule has 2 N–H and O–H groups in total. The lowest BCUT2D eigenvalue weighted by Crippen LogP contribution is -1.96. The Bertz CT molecular complexity index is 578. The molecule has 0 aliphatic rings. The molecule has 1 heterocycles. The largest absolute Gasteiger partial charge is 0.481 e. The van der Waals surface area contributed by atoms with Crippen LogP contribution in [0.3, 0.4) is 0 Å². The number of thioether (sulfide) groups is 1. The molecule has 0 radical (unpaired) electrons. The predicted octanol–water partition coefficient (Wildman–Crippen LogP) is 3.08. The van der Waals surface area contributed by atoms with Crippen molar-refractivity contribution < 1.29 is 9.90 Å². The minimum absolute atomic E-state index is 0.00180. The van der Waals surface area contributed by atoms with Gasteiger partial charge < -0.3 is 10.4 Å². The molecule has 0 aliphatic carbocycles. The fraction of sp³-hybridized carbons (Fsp3) is 0.250. The molecule has 1 aromatic carbocycles. The summed E-state index contributed by atoms with van der Waals surface area (Å²) in [6, 6.07) is 6.15. The van der Waals surface area contributed by atoms with Crippen molar-refractivity contribution in [1.29, 1.82) is 0 Å². The van der Waals surface area contributed by atoms with Crippen LogP contribution in [0.5, 0.6) is 0 Å². The predicted molar refractivity (Wildman–Crippen MR) is 77.5 cm³/mol. The minimum Gasteiger partial charge on any atom is -0.481 e. The Hall–Kier alpha value is -1.60. The first-order valence-electron chi connectivity index (χ1n) is 5.56. The van der Waals surface area contributed by atoms with E-state index in [-0.39, 0.29) is 5.75 Å². The van der Waals surface area contributed by atoms with Crippen LogP contribution in [0.15, 0.2) is 22.5 Å². The van der Waals surface area contributed by atoms with Gasteiger partial charge in [-0.1, -0.05) is 29.2 Å². The van der Waals surface area contributed by atoms with Gasteiger partial charge in [0.2, 0.25) is 5.13 Å². The second kappa shape index (κ2) is 6.03. The second-order valence-corrected chi connectivity index (χ2v) is 6.26. The number of anilines is 2. The molecule has 2 rings (SSSR count). The van der Waals surface area contributed by atoms with E-state index in [4.69, 9.17) is 5.11 Å². The first kappa shape index (κ1) is 13.8. The van der Waals surface area contributed by atoms with Crippen molar-refractivity contribution in [2.75, 3.05) is 11.1 Å². The van der Waals surface area contributed by atoms with Crippen molar-refractivity contribution in [2.45, 2.75) is 18.2 Å². The van der Waals surface area contributed by atoms with Crippen LogP contribution in [-0.2, 0) is 4.79 Å². The Kier molecular flexibility index (Phi) is 4.39. The lowest BCUT2D eigenvalue weighted by Gasteiger charge is -2.04. The smallest absolute Gasteiger partial charge is 0.313 e. The van der Waals surface area contributed by atoms with Gasteiger partial charge in [0, 0.05) is 5.69 Å². The van der Waals surface area contributed by atoms with Crippen molar-refractivity contribution in [3.05, 3.63) is 29.3 Å². The number of aliphatic carboxylic acids is 1. The SMILES string of the molecule is Cc1cc(C)cc(Nc2nnc(SCC(=O)O)s2)c1. The van der Waals surface area contributed by atoms with Crippen LogP contribution in [0.4, 0.5) is 10.8 Å².